The van der Waals surface area contributed by atoms with Crippen molar-refractivity contribution in [3.63, 3.8) is 0 Å². The van der Waals surface area contributed by atoms with Crippen molar-refractivity contribution in [2.75, 3.05) is 5.73 Å². The molecule has 0 atom stereocenters. The van der Waals surface area contributed by atoms with Gasteiger partial charge in [-0.1, -0.05) is 13.8 Å². The predicted octanol–water partition coefficient (Wildman–Crippen LogP) is 3.50. The van der Waals surface area contributed by atoms with Crippen molar-refractivity contribution in [3.05, 3.63) is 23.5 Å². The Kier molecular flexibility index (Phi) is 2.59. The fourth-order valence-corrected chi connectivity index (χ4v) is 2.83. The molecule has 1 aliphatic carbocycles. The van der Waals surface area contributed by atoms with E-state index in [2.05, 4.69) is 23.4 Å². The van der Waals surface area contributed by atoms with Crippen molar-refractivity contribution < 1.29 is 4.39 Å². The molecule has 3 rings (SSSR count). The summed E-state index contributed by atoms with van der Waals surface area (Å²) < 4.78 is 15.6. The van der Waals surface area contributed by atoms with Gasteiger partial charge in [-0.05, 0) is 42.7 Å². The lowest BCUT2D eigenvalue weighted by Crippen LogP contribution is -2.19. The summed E-state index contributed by atoms with van der Waals surface area (Å²) in [5.74, 6) is 0.903. The minimum atomic E-state index is -0.220. The molecule has 19 heavy (non-hydrogen) atoms. The van der Waals surface area contributed by atoms with Crippen LogP contribution < -0.4 is 5.73 Å². The molecule has 2 aromatic rings. The van der Waals surface area contributed by atoms with Crippen LogP contribution in [0.15, 0.2) is 12.1 Å². The van der Waals surface area contributed by atoms with Crippen molar-refractivity contribution in [2.24, 2.45) is 11.3 Å². The molecule has 0 spiro atoms. The smallest absolute Gasteiger partial charge is 0.201 e. The molecule has 102 valence electrons. The van der Waals surface area contributed by atoms with E-state index in [0.717, 1.165) is 12.1 Å². The van der Waals surface area contributed by atoms with Gasteiger partial charge in [0.1, 0.15) is 5.82 Å². The Morgan fingerprint density at radius 1 is 1.42 bits per heavy atom. The zero-order valence-corrected chi connectivity index (χ0v) is 11.7. The summed E-state index contributed by atoms with van der Waals surface area (Å²) in [5, 5.41) is 0. The van der Waals surface area contributed by atoms with Gasteiger partial charge < -0.3 is 10.3 Å². The van der Waals surface area contributed by atoms with E-state index in [1.54, 1.807) is 6.92 Å². The Bertz CT molecular complexity index is 638. The number of aryl methyl sites for hydroxylation is 1. The lowest BCUT2D eigenvalue weighted by atomic mass is 9.92. The van der Waals surface area contributed by atoms with Crippen LogP contribution in [-0.2, 0) is 6.54 Å². The molecule has 1 saturated carbocycles. The Labute approximate surface area is 112 Å². The number of nitrogens with zero attached hydrogens (tertiary/aromatic N) is 2. The maximum atomic E-state index is 13.6. The number of nitrogens with two attached hydrogens (primary N) is 1. The highest BCUT2D eigenvalue weighted by molar-refractivity contribution is 5.79. The molecule has 2 N–H and O–H groups in total. The van der Waals surface area contributed by atoms with Crippen LogP contribution in [0, 0.1) is 24.1 Å². The van der Waals surface area contributed by atoms with E-state index in [1.807, 2.05) is 6.07 Å². The highest BCUT2D eigenvalue weighted by atomic mass is 19.1. The monoisotopic (exact) mass is 261 g/mol. The Balaban J connectivity index is 2.08. The van der Waals surface area contributed by atoms with Gasteiger partial charge in [0.2, 0.25) is 5.95 Å². The van der Waals surface area contributed by atoms with Crippen molar-refractivity contribution in [1.82, 2.24) is 9.55 Å². The number of hydrogen-bond acceptors (Lipinski definition) is 2. The van der Waals surface area contributed by atoms with Gasteiger partial charge in [-0.2, -0.15) is 0 Å². The summed E-state index contributed by atoms with van der Waals surface area (Å²) >= 11 is 0. The van der Waals surface area contributed by atoms with Gasteiger partial charge >= 0.3 is 0 Å². The van der Waals surface area contributed by atoms with E-state index < -0.39 is 0 Å². The van der Waals surface area contributed by atoms with E-state index in [9.17, 15) is 4.39 Å². The first-order valence-electron chi connectivity index (χ1n) is 6.85. The third-order valence-electron chi connectivity index (χ3n) is 4.65. The number of benzene rings is 1. The van der Waals surface area contributed by atoms with Crippen LogP contribution in [0.1, 0.15) is 32.3 Å². The van der Waals surface area contributed by atoms with Crippen molar-refractivity contribution in [2.45, 2.75) is 40.2 Å². The number of fused-ring (bicyclic) bond motifs is 1. The van der Waals surface area contributed by atoms with E-state index in [4.69, 9.17) is 5.73 Å². The second-order valence-corrected chi connectivity index (χ2v) is 6.16. The van der Waals surface area contributed by atoms with Crippen LogP contribution in [0.5, 0.6) is 0 Å². The van der Waals surface area contributed by atoms with Crippen LogP contribution >= 0.6 is 0 Å². The molecule has 1 aromatic heterocycles. The van der Waals surface area contributed by atoms with Crippen molar-refractivity contribution in [1.29, 1.82) is 0 Å². The number of aromatic nitrogens is 2. The first-order chi connectivity index (χ1) is 8.93. The first kappa shape index (κ1) is 12.5. The average molecular weight is 261 g/mol. The molecular formula is C15H20FN3. The molecule has 1 aromatic carbocycles. The normalized spacial score (nSPS) is 17.3. The molecule has 1 heterocycles. The third-order valence-corrected chi connectivity index (χ3v) is 4.65. The fourth-order valence-electron chi connectivity index (χ4n) is 2.83. The number of nitrogen functional groups attached to an aromatic ring is 1. The summed E-state index contributed by atoms with van der Waals surface area (Å²) in [4.78, 5) is 4.29. The van der Waals surface area contributed by atoms with Gasteiger partial charge in [0.15, 0.2) is 0 Å². The summed E-state index contributed by atoms with van der Waals surface area (Å²) in [6.45, 7) is 7.18. The minimum Gasteiger partial charge on any atom is -0.369 e. The molecule has 0 unspecified atom stereocenters. The standard InChI is InChI=1S/C15H20FN3/c1-9(2)15(4-5-15)8-19-13-6-10(3)11(16)7-12(13)18-14(19)17/h6-7,9H,4-5,8H2,1-3H3,(H2,17,18). The largest absolute Gasteiger partial charge is 0.369 e. The molecule has 3 nitrogen and oxygen atoms in total. The zero-order valence-electron chi connectivity index (χ0n) is 11.7. The first-order valence-corrected chi connectivity index (χ1v) is 6.85. The summed E-state index contributed by atoms with van der Waals surface area (Å²) in [5.41, 5.74) is 8.61. The predicted molar refractivity (Wildman–Crippen MR) is 75.3 cm³/mol. The second kappa shape index (κ2) is 3.95. The molecule has 0 radical (unpaired) electrons. The Morgan fingerprint density at radius 3 is 2.68 bits per heavy atom. The van der Waals surface area contributed by atoms with Crippen LogP contribution in [-0.4, -0.2) is 9.55 Å². The van der Waals surface area contributed by atoms with Crippen LogP contribution in [0.4, 0.5) is 10.3 Å². The summed E-state index contributed by atoms with van der Waals surface area (Å²) in [7, 11) is 0. The quantitative estimate of drug-likeness (QED) is 0.919. The molecule has 1 aliphatic rings. The maximum Gasteiger partial charge on any atom is 0.201 e. The van der Waals surface area contributed by atoms with E-state index >= 15 is 0 Å². The molecule has 0 bridgehead atoms. The highest BCUT2D eigenvalue weighted by Crippen LogP contribution is 2.53. The molecule has 4 heteroatoms. The molecule has 0 saturated heterocycles. The van der Waals surface area contributed by atoms with Crippen molar-refractivity contribution >= 4 is 17.0 Å². The van der Waals surface area contributed by atoms with E-state index in [-0.39, 0.29) is 5.82 Å². The van der Waals surface area contributed by atoms with Crippen LogP contribution in [0.25, 0.3) is 11.0 Å². The Morgan fingerprint density at radius 2 is 2.11 bits per heavy atom. The molecule has 0 amide bonds. The van der Waals surface area contributed by atoms with E-state index in [0.29, 0.717) is 28.4 Å². The SMILES string of the molecule is Cc1cc2c(cc1F)nc(N)n2CC1(C(C)C)CC1. The topological polar surface area (TPSA) is 43.8 Å². The zero-order chi connectivity index (χ0) is 13.8. The molecule has 1 fully saturated rings. The van der Waals surface area contributed by atoms with Crippen molar-refractivity contribution in [3.8, 4) is 0 Å². The minimum absolute atomic E-state index is 0.220. The fraction of sp³-hybridized carbons (Fsp3) is 0.533. The number of anilines is 1. The highest BCUT2D eigenvalue weighted by Gasteiger charge is 2.46. The number of halogens is 1. The molecular weight excluding hydrogens is 241 g/mol. The average Bonchev–Trinajstić information content (AvgIpc) is 3.06. The maximum absolute atomic E-state index is 13.6. The van der Waals surface area contributed by atoms with Gasteiger partial charge in [-0.3, -0.25) is 0 Å². The third kappa shape index (κ3) is 1.90. The van der Waals surface area contributed by atoms with Gasteiger partial charge in [-0.15, -0.1) is 0 Å². The van der Waals surface area contributed by atoms with Gasteiger partial charge in [0.05, 0.1) is 11.0 Å². The summed E-state index contributed by atoms with van der Waals surface area (Å²) in [6.07, 6.45) is 2.48. The summed E-state index contributed by atoms with van der Waals surface area (Å²) in [6, 6.07) is 3.33. The lowest BCUT2D eigenvalue weighted by Gasteiger charge is -2.21. The number of rotatable bonds is 3. The van der Waals surface area contributed by atoms with Crippen LogP contribution in [0.3, 0.4) is 0 Å². The van der Waals surface area contributed by atoms with E-state index in [1.165, 1.54) is 18.9 Å². The van der Waals surface area contributed by atoms with Gasteiger partial charge in [-0.25, -0.2) is 9.37 Å². The second-order valence-electron chi connectivity index (χ2n) is 6.16. The van der Waals surface area contributed by atoms with Crippen LogP contribution in [0.2, 0.25) is 0 Å². The number of imidazole rings is 1. The number of hydrogen-bond donors (Lipinski definition) is 1. The molecule has 0 aliphatic heterocycles. The lowest BCUT2D eigenvalue weighted by molar-refractivity contribution is 0.314. The Hall–Kier alpha value is -1.58. The van der Waals surface area contributed by atoms with Gasteiger partial charge in [0.25, 0.3) is 0 Å². The van der Waals surface area contributed by atoms with Gasteiger partial charge in [0, 0.05) is 12.6 Å².